The van der Waals surface area contributed by atoms with E-state index in [9.17, 15) is 4.79 Å². The van der Waals surface area contributed by atoms with Crippen LogP contribution in [-0.4, -0.2) is 17.8 Å². The van der Waals surface area contributed by atoms with Gasteiger partial charge in [-0.1, -0.05) is 6.07 Å². The number of hydrogen-bond acceptors (Lipinski definition) is 3. The molecule has 1 heterocycles. The summed E-state index contributed by atoms with van der Waals surface area (Å²) in [6, 6.07) is 4.88. The van der Waals surface area contributed by atoms with E-state index in [1.165, 1.54) is 0 Å². The summed E-state index contributed by atoms with van der Waals surface area (Å²) in [5.41, 5.74) is 0.780. The normalized spacial score (nSPS) is 18.6. The predicted octanol–water partition coefficient (Wildman–Crippen LogP) is 1.43. The Balaban J connectivity index is 2.13. The molecule has 4 nitrogen and oxygen atoms in total. The van der Waals surface area contributed by atoms with Crippen molar-refractivity contribution in [1.82, 2.24) is 0 Å². The quantitative estimate of drug-likeness (QED) is 0.794. The fourth-order valence-electron chi connectivity index (χ4n) is 1.23. The predicted molar refractivity (Wildman–Crippen MR) is 48.5 cm³/mol. The van der Waals surface area contributed by atoms with E-state index in [-0.39, 0.29) is 6.42 Å². The maximum Gasteiger partial charge on any atom is 0.303 e. The second-order valence-corrected chi connectivity index (χ2v) is 2.96. The minimum absolute atomic E-state index is 0.0343. The number of aryl methyl sites for hydroxylation is 1. The third-order valence-corrected chi connectivity index (χ3v) is 1.94. The molecule has 0 unspecified atom stereocenters. The highest BCUT2D eigenvalue weighted by atomic mass is 16.7. The van der Waals surface area contributed by atoms with Crippen LogP contribution in [0.2, 0.25) is 0 Å². The second-order valence-electron chi connectivity index (χ2n) is 2.96. The van der Waals surface area contributed by atoms with E-state index in [2.05, 4.69) is 0 Å². The largest absolute Gasteiger partial charge is 0.481 e. The first kappa shape index (κ1) is 6.70. The van der Waals surface area contributed by atoms with Crippen LogP contribution >= 0.6 is 0 Å². The fourth-order valence-corrected chi connectivity index (χ4v) is 1.23. The van der Waals surface area contributed by atoms with Crippen LogP contribution in [0.5, 0.6) is 11.5 Å². The summed E-state index contributed by atoms with van der Waals surface area (Å²) in [5.74, 6) is -0.218. The summed E-state index contributed by atoms with van der Waals surface area (Å²) < 4.78 is 24.3. The zero-order valence-corrected chi connectivity index (χ0v) is 7.32. The first-order chi connectivity index (χ1) is 7.46. The minimum Gasteiger partial charge on any atom is -0.481 e. The Morgan fingerprint density at radius 3 is 3.07 bits per heavy atom. The summed E-state index contributed by atoms with van der Waals surface area (Å²) in [7, 11) is 0. The van der Waals surface area contributed by atoms with Gasteiger partial charge in [0.05, 0.1) is 0 Å². The molecular formula is C10H10O4. The molecule has 0 fully saturated rings. The molecule has 0 amide bonds. The van der Waals surface area contributed by atoms with Crippen molar-refractivity contribution in [2.24, 2.45) is 0 Å². The van der Waals surface area contributed by atoms with E-state index in [4.69, 9.17) is 17.3 Å². The maximum absolute atomic E-state index is 10.4. The molecule has 1 N–H and O–H groups in total. The number of fused-ring (bicyclic) bond motifs is 1. The Labute approximate surface area is 83.9 Å². The number of benzene rings is 1. The molecule has 2 rings (SSSR count). The van der Waals surface area contributed by atoms with Crippen molar-refractivity contribution >= 4 is 5.97 Å². The van der Waals surface area contributed by atoms with Gasteiger partial charge in [-0.3, -0.25) is 4.79 Å². The van der Waals surface area contributed by atoms with Crippen molar-refractivity contribution in [1.29, 1.82) is 0 Å². The Morgan fingerprint density at radius 1 is 1.50 bits per heavy atom. The average molecular weight is 196 g/mol. The van der Waals surface area contributed by atoms with Crippen LogP contribution < -0.4 is 9.47 Å². The van der Waals surface area contributed by atoms with Gasteiger partial charge in [0.25, 0.3) is 0 Å². The SMILES string of the molecule is [2H]C1([2H])Oc2ccc(CCC(=O)O)cc2O1. The molecule has 0 bridgehead atoms. The van der Waals surface area contributed by atoms with Crippen molar-refractivity contribution < 1.29 is 22.1 Å². The fraction of sp³-hybridized carbons (Fsp3) is 0.300. The Hall–Kier alpha value is -1.71. The van der Waals surface area contributed by atoms with Gasteiger partial charge in [0.15, 0.2) is 11.5 Å². The molecule has 14 heavy (non-hydrogen) atoms. The molecule has 0 aliphatic carbocycles. The zero-order valence-electron chi connectivity index (χ0n) is 9.32. The third-order valence-electron chi connectivity index (χ3n) is 1.94. The van der Waals surface area contributed by atoms with Crippen LogP contribution in [0.4, 0.5) is 0 Å². The molecule has 0 atom stereocenters. The zero-order chi connectivity index (χ0) is 11.8. The number of carboxylic acids is 1. The highest BCUT2D eigenvalue weighted by Gasteiger charge is 2.13. The molecule has 0 saturated carbocycles. The third kappa shape index (κ3) is 1.79. The Morgan fingerprint density at radius 2 is 2.29 bits per heavy atom. The topological polar surface area (TPSA) is 55.8 Å². The lowest BCUT2D eigenvalue weighted by Gasteiger charge is -2.00. The van der Waals surface area contributed by atoms with Crippen LogP contribution in [0.3, 0.4) is 0 Å². The van der Waals surface area contributed by atoms with E-state index in [1.54, 1.807) is 18.2 Å². The number of hydrogen-bond donors (Lipinski definition) is 1. The van der Waals surface area contributed by atoms with Crippen LogP contribution in [0, 0.1) is 0 Å². The number of rotatable bonds is 3. The number of aliphatic carboxylic acids is 1. The van der Waals surface area contributed by atoms with Gasteiger partial charge in [-0.2, -0.15) is 0 Å². The number of carbonyl (C=O) groups is 1. The van der Waals surface area contributed by atoms with E-state index < -0.39 is 12.7 Å². The molecule has 74 valence electrons. The lowest BCUT2D eigenvalue weighted by molar-refractivity contribution is -0.136. The smallest absolute Gasteiger partial charge is 0.303 e. The van der Waals surface area contributed by atoms with Crippen LogP contribution in [0.1, 0.15) is 14.7 Å². The van der Waals surface area contributed by atoms with Gasteiger partial charge in [0, 0.05) is 6.42 Å². The molecule has 1 aromatic rings. The standard InChI is InChI=1S/C10H10O4/c11-10(12)4-2-7-1-3-8-9(5-7)14-6-13-8/h1,3,5H,2,4,6H2,(H,11,12)/i6D2. The van der Waals surface area contributed by atoms with Gasteiger partial charge in [0.1, 0.15) is 2.74 Å². The first-order valence-corrected chi connectivity index (χ1v) is 4.19. The lowest BCUT2D eigenvalue weighted by Crippen LogP contribution is -1.97. The van der Waals surface area contributed by atoms with Crippen molar-refractivity contribution in [3.8, 4) is 11.5 Å². The van der Waals surface area contributed by atoms with Crippen molar-refractivity contribution in [3.05, 3.63) is 23.8 Å². The number of carboxylic acid groups (broad SMARTS) is 1. The summed E-state index contributed by atoms with van der Waals surface area (Å²) in [6.07, 6.45) is 0.418. The maximum atomic E-state index is 10.4. The second kappa shape index (κ2) is 3.57. The van der Waals surface area contributed by atoms with Crippen LogP contribution in [0.25, 0.3) is 0 Å². The molecule has 1 aliphatic rings. The van der Waals surface area contributed by atoms with E-state index in [1.807, 2.05) is 0 Å². The van der Waals surface area contributed by atoms with Gasteiger partial charge in [-0.05, 0) is 24.1 Å². The van der Waals surface area contributed by atoms with Gasteiger partial charge in [0.2, 0.25) is 6.75 Å². The van der Waals surface area contributed by atoms with Gasteiger partial charge in [-0.15, -0.1) is 0 Å². The average Bonchev–Trinajstić information content (AvgIpc) is 2.47. The molecule has 0 spiro atoms. The Kier molecular flexibility index (Phi) is 1.71. The van der Waals surface area contributed by atoms with E-state index >= 15 is 0 Å². The monoisotopic (exact) mass is 196 g/mol. The Bertz CT molecular complexity index is 431. The molecule has 0 saturated heterocycles. The molecule has 1 aromatic carbocycles. The lowest BCUT2D eigenvalue weighted by atomic mass is 10.1. The summed E-state index contributed by atoms with van der Waals surface area (Å²) in [6.45, 7) is -2.13. The summed E-state index contributed by atoms with van der Waals surface area (Å²) >= 11 is 0. The molecule has 0 aromatic heterocycles. The molecule has 0 radical (unpaired) electrons. The summed E-state index contributed by atoms with van der Waals surface area (Å²) in [5, 5.41) is 8.54. The van der Waals surface area contributed by atoms with Crippen molar-refractivity contribution in [2.45, 2.75) is 12.8 Å². The molecular weight excluding hydrogens is 184 g/mol. The summed E-state index contributed by atoms with van der Waals surface area (Å²) in [4.78, 5) is 10.4. The molecule has 4 heteroatoms. The van der Waals surface area contributed by atoms with Crippen LogP contribution in [0.15, 0.2) is 18.2 Å². The highest BCUT2D eigenvalue weighted by Crippen LogP contribution is 2.32. The highest BCUT2D eigenvalue weighted by molar-refractivity contribution is 5.67. The van der Waals surface area contributed by atoms with E-state index in [0.29, 0.717) is 17.9 Å². The number of ether oxygens (including phenoxy) is 2. The van der Waals surface area contributed by atoms with Crippen molar-refractivity contribution in [2.75, 3.05) is 6.75 Å². The van der Waals surface area contributed by atoms with Gasteiger partial charge >= 0.3 is 5.97 Å². The van der Waals surface area contributed by atoms with E-state index in [0.717, 1.165) is 5.56 Å². The van der Waals surface area contributed by atoms with Gasteiger partial charge in [-0.25, -0.2) is 0 Å². The van der Waals surface area contributed by atoms with Crippen LogP contribution in [-0.2, 0) is 11.2 Å². The van der Waals surface area contributed by atoms with Gasteiger partial charge < -0.3 is 14.6 Å². The molecule has 1 aliphatic heterocycles. The van der Waals surface area contributed by atoms with Crippen molar-refractivity contribution in [3.63, 3.8) is 0 Å². The minimum atomic E-state index is -2.13. The first-order valence-electron chi connectivity index (χ1n) is 5.19.